The van der Waals surface area contributed by atoms with Crippen LogP contribution in [0.3, 0.4) is 0 Å². The van der Waals surface area contributed by atoms with Crippen LogP contribution in [0.1, 0.15) is 24.8 Å². The van der Waals surface area contributed by atoms with E-state index in [1.165, 1.54) is 0 Å². The summed E-state index contributed by atoms with van der Waals surface area (Å²) in [6, 6.07) is 5.57. The number of benzene rings is 1. The van der Waals surface area contributed by atoms with Gasteiger partial charge in [-0.05, 0) is 43.0 Å². The van der Waals surface area contributed by atoms with Gasteiger partial charge >= 0.3 is 0 Å². The molecule has 0 unspecified atom stereocenters. The van der Waals surface area contributed by atoms with E-state index in [2.05, 4.69) is 15.9 Å². The highest BCUT2D eigenvalue weighted by Gasteiger charge is 2.25. The minimum atomic E-state index is -0.259. The molecule has 0 atom stereocenters. The topological polar surface area (TPSA) is 63.4 Å². The van der Waals surface area contributed by atoms with Crippen molar-refractivity contribution >= 4 is 39.3 Å². The lowest BCUT2D eigenvalue weighted by Gasteiger charge is -2.30. The summed E-state index contributed by atoms with van der Waals surface area (Å²) < 4.78 is 0.965. The first kappa shape index (κ1) is 16.3. The molecule has 0 saturated carbocycles. The van der Waals surface area contributed by atoms with Gasteiger partial charge in [0.1, 0.15) is 0 Å². The number of likely N-dealkylation sites (tertiary alicyclic amines) is 1. The standard InChI is InChI=1S/C15H18BrClN2O2/c16-13-3-2-12(17)9-11(13)1-4-14(20)19-7-5-10(6-8-19)15(18)21/h2-3,9-10H,1,4-8H2,(H2,18,21). The van der Waals surface area contributed by atoms with Gasteiger partial charge < -0.3 is 10.6 Å². The van der Waals surface area contributed by atoms with E-state index in [9.17, 15) is 9.59 Å². The molecule has 0 bridgehead atoms. The van der Waals surface area contributed by atoms with Gasteiger partial charge in [-0.2, -0.15) is 0 Å². The fourth-order valence-electron chi connectivity index (χ4n) is 2.55. The fourth-order valence-corrected chi connectivity index (χ4v) is 3.19. The highest BCUT2D eigenvalue weighted by molar-refractivity contribution is 9.10. The Kier molecular flexibility index (Phi) is 5.65. The summed E-state index contributed by atoms with van der Waals surface area (Å²) in [5, 5.41) is 0.669. The van der Waals surface area contributed by atoms with E-state index in [4.69, 9.17) is 17.3 Å². The maximum Gasteiger partial charge on any atom is 0.222 e. The smallest absolute Gasteiger partial charge is 0.222 e. The number of hydrogen-bond acceptors (Lipinski definition) is 2. The summed E-state index contributed by atoms with van der Waals surface area (Å²) in [4.78, 5) is 25.1. The number of rotatable bonds is 4. The minimum Gasteiger partial charge on any atom is -0.369 e. The van der Waals surface area contributed by atoms with Crippen molar-refractivity contribution in [2.24, 2.45) is 11.7 Å². The van der Waals surface area contributed by atoms with Crippen LogP contribution in [0.2, 0.25) is 5.02 Å². The van der Waals surface area contributed by atoms with Crippen molar-refractivity contribution in [2.75, 3.05) is 13.1 Å². The average Bonchev–Trinajstić information content (AvgIpc) is 2.48. The molecule has 2 N–H and O–H groups in total. The second kappa shape index (κ2) is 7.27. The van der Waals surface area contributed by atoms with Gasteiger partial charge in [0, 0.05) is 34.9 Å². The first-order valence-electron chi connectivity index (χ1n) is 6.98. The zero-order valence-electron chi connectivity index (χ0n) is 11.6. The number of carbonyl (C=O) groups excluding carboxylic acids is 2. The van der Waals surface area contributed by atoms with Gasteiger partial charge in [-0.3, -0.25) is 9.59 Å². The molecule has 0 spiro atoms. The van der Waals surface area contributed by atoms with Gasteiger partial charge in [0.05, 0.1) is 0 Å². The SMILES string of the molecule is NC(=O)C1CCN(C(=O)CCc2cc(Cl)ccc2Br)CC1. The third-order valence-corrected chi connectivity index (χ3v) is 4.87. The maximum atomic E-state index is 12.2. The number of amides is 2. The Morgan fingerprint density at radius 1 is 1.33 bits per heavy atom. The first-order valence-corrected chi connectivity index (χ1v) is 8.15. The summed E-state index contributed by atoms with van der Waals surface area (Å²) in [7, 11) is 0. The molecule has 114 valence electrons. The van der Waals surface area contributed by atoms with Gasteiger partial charge in [0.2, 0.25) is 11.8 Å². The molecule has 21 heavy (non-hydrogen) atoms. The largest absolute Gasteiger partial charge is 0.369 e. The van der Waals surface area contributed by atoms with E-state index in [0.29, 0.717) is 43.8 Å². The number of halogens is 2. The normalized spacial score (nSPS) is 16.0. The van der Waals surface area contributed by atoms with Gasteiger partial charge in [0.15, 0.2) is 0 Å². The molecule has 1 aromatic carbocycles. The number of carbonyl (C=O) groups is 2. The van der Waals surface area contributed by atoms with Crippen LogP contribution < -0.4 is 5.73 Å². The van der Waals surface area contributed by atoms with Crippen molar-refractivity contribution in [2.45, 2.75) is 25.7 Å². The molecule has 1 heterocycles. The Balaban J connectivity index is 1.85. The average molecular weight is 374 g/mol. The Morgan fingerprint density at radius 2 is 2.00 bits per heavy atom. The van der Waals surface area contributed by atoms with Crippen LogP contribution in [0, 0.1) is 5.92 Å². The predicted molar refractivity (Wildman–Crippen MR) is 86.0 cm³/mol. The van der Waals surface area contributed by atoms with Gasteiger partial charge in [-0.25, -0.2) is 0 Å². The second-order valence-corrected chi connectivity index (χ2v) is 6.58. The highest BCUT2D eigenvalue weighted by atomic mass is 79.9. The van der Waals surface area contributed by atoms with E-state index >= 15 is 0 Å². The molecule has 1 aliphatic rings. The molecule has 1 saturated heterocycles. The van der Waals surface area contributed by atoms with Crippen LogP contribution >= 0.6 is 27.5 Å². The van der Waals surface area contributed by atoms with Crippen LogP contribution in [0.25, 0.3) is 0 Å². The third kappa shape index (κ3) is 4.45. The summed E-state index contributed by atoms with van der Waals surface area (Å²) in [5.41, 5.74) is 6.32. The molecule has 2 rings (SSSR count). The van der Waals surface area contributed by atoms with Gasteiger partial charge in [0.25, 0.3) is 0 Å². The maximum absolute atomic E-state index is 12.2. The molecule has 1 aromatic rings. The number of hydrogen-bond donors (Lipinski definition) is 1. The van der Waals surface area contributed by atoms with Crippen molar-refractivity contribution in [1.29, 1.82) is 0 Å². The van der Waals surface area contributed by atoms with Crippen LogP contribution in [-0.2, 0) is 16.0 Å². The van der Waals surface area contributed by atoms with E-state index in [1.807, 2.05) is 23.1 Å². The summed E-state index contributed by atoms with van der Waals surface area (Å²) >= 11 is 9.43. The Bertz CT molecular complexity index is 542. The van der Waals surface area contributed by atoms with E-state index < -0.39 is 0 Å². The van der Waals surface area contributed by atoms with Gasteiger partial charge in [-0.15, -0.1) is 0 Å². The van der Waals surface area contributed by atoms with Crippen LogP contribution in [-0.4, -0.2) is 29.8 Å². The van der Waals surface area contributed by atoms with Crippen molar-refractivity contribution in [3.8, 4) is 0 Å². The van der Waals surface area contributed by atoms with E-state index in [0.717, 1.165) is 10.0 Å². The number of nitrogens with zero attached hydrogens (tertiary/aromatic N) is 1. The Labute approximate surface area is 137 Å². The molecule has 1 aliphatic heterocycles. The second-order valence-electron chi connectivity index (χ2n) is 5.29. The zero-order valence-corrected chi connectivity index (χ0v) is 14.0. The molecular formula is C15H18BrClN2O2. The quantitative estimate of drug-likeness (QED) is 0.882. The van der Waals surface area contributed by atoms with E-state index in [-0.39, 0.29) is 17.7 Å². The Morgan fingerprint density at radius 3 is 2.62 bits per heavy atom. The molecular weight excluding hydrogens is 356 g/mol. The number of piperidine rings is 1. The summed E-state index contributed by atoms with van der Waals surface area (Å²) in [6.45, 7) is 1.23. The molecule has 0 radical (unpaired) electrons. The number of aryl methyl sites for hydroxylation is 1. The Hall–Kier alpha value is -1.07. The van der Waals surface area contributed by atoms with Gasteiger partial charge in [-0.1, -0.05) is 27.5 Å². The lowest BCUT2D eigenvalue weighted by molar-refractivity contribution is -0.134. The van der Waals surface area contributed by atoms with Crippen LogP contribution in [0.5, 0.6) is 0 Å². The molecule has 0 aromatic heterocycles. The van der Waals surface area contributed by atoms with Crippen molar-refractivity contribution in [1.82, 2.24) is 4.90 Å². The van der Waals surface area contributed by atoms with Crippen molar-refractivity contribution in [3.05, 3.63) is 33.3 Å². The number of nitrogens with two attached hydrogens (primary N) is 1. The van der Waals surface area contributed by atoms with Crippen LogP contribution in [0.4, 0.5) is 0 Å². The highest BCUT2D eigenvalue weighted by Crippen LogP contribution is 2.23. The molecule has 2 amide bonds. The summed E-state index contributed by atoms with van der Waals surface area (Å²) in [5.74, 6) is -0.231. The number of primary amides is 1. The molecule has 6 heteroatoms. The molecule has 0 aliphatic carbocycles. The third-order valence-electron chi connectivity index (χ3n) is 3.87. The lowest BCUT2D eigenvalue weighted by atomic mass is 9.96. The zero-order chi connectivity index (χ0) is 15.4. The summed E-state index contributed by atoms with van der Waals surface area (Å²) in [6.07, 6.45) is 2.43. The first-order chi connectivity index (χ1) is 9.97. The van der Waals surface area contributed by atoms with E-state index in [1.54, 1.807) is 0 Å². The van der Waals surface area contributed by atoms with Crippen LogP contribution in [0.15, 0.2) is 22.7 Å². The van der Waals surface area contributed by atoms with Crippen molar-refractivity contribution < 1.29 is 9.59 Å². The fraction of sp³-hybridized carbons (Fsp3) is 0.467. The lowest BCUT2D eigenvalue weighted by Crippen LogP contribution is -2.41. The molecule has 1 fully saturated rings. The molecule has 4 nitrogen and oxygen atoms in total. The monoisotopic (exact) mass is 372 g/mol. The van der Waals surface area contributed by atoms with Crippen molar-refractivity contribution in [3.63, 3.8) is 0 Å². The minimum absolute atomic E-state index is 0.0869. The predicted octanol–water partition coefficient (Wildman–Crippen LogP) is 2.76.